The van der Waals surface area contributed by atoms with Gasteiger partial charge in [-0.1, -0.05) is 31.0 Å². The molecule has 7 heteroatoms. The highest BCUT2D eigenvalue weighted by Gasteiger charge is 2.21. The fraction of sp³-hybridized carbons (Fsp3) is 0.350. The Labute approximate surface area is 166 Å². The van der Waals surface area contributed by atoms with Gasteiger partial charge in [-0.2, -0.15) is 0 Å². The lowest BCUT2D eigenvalue weighted by atomic mass is 10.1. The van der Waals surface area contributed by atoms with Crippen LogP contribution >= 0.6 is 11.6 Å². The molecule has 0 radical (unpaired) electrons. The number of aryl methyl sites for hydroxylation is 2. The zero-order valence-electron chi connectivity index (χ0n) is 16.0. The minimum absolute atomic E-state index is 0.00638. The molecule has 1 atom stereocenters. The van der Waals surface area contributed by atoms with Crippen LogP contribution in [0.3, 0.4) is 0 Å². The quantitative estimate of drug-likeness (QED) is 0.698. The molecule has 2 aromatic rings. The summed E-state index contributed by atoms with van der Waals surface area (Å²) in [4.78, 5) is 12.3. The third-order valence-electron chi connectivity index (χ3n) is 4.34. The summed E-state index contributed by atoms with van der Waals surface area (Å²) in [6.07, 6.45) is 1.79. The van der Waals surface area contributed by atoms with Gasteiger partial charge in [0.05, 0.1) is 5.02 Å². The standard InChI is InChI=1S/C20H25ClN2O3S/c1-5-6-15(4)22-20(24)16-8-10-18(21)19(12-16)27(25,26)23-17-9-7-13(2)14(3)11-17/h7-12,15,23H,5-6H2,1-4H3,(H,22,24)/t15-/m0/s1. The Kier molecular flexibility index (Phi) is 6.89. The molecule has 2 aromatic carbocycles. The van der Waals surface area contributed by atoms with Crippen molar-refractivity contribution >= 4 is 33.2 Å². The molecular formula is C20H25ClN2O3S. The maximum atomic E-state index is 12.8. The summed E-state index contributed by atoms with van der Waals surface area (Å²) in [5, 5.41) is 2.92. The number of nitrogens with one attached hydrogen (secondary N) is 2. The van der Waals surface area contributed by atoms with E-state index in [4.69, 9.17) is 11.6 Å². The number of carbonyl (C=O) groups is 1. The number of anilines is 1. The van der Waals surface area contributed by atoms with E-state index in [1.165, 1.54) is 18.2 Å². The van der Waals surface area contributed by atoms with Gasteiger partial charge in [0.15, 0.2) is 0 Å². The smallest absolute Gasteiger partial charge is 0.263 e. The Morgan fingerprint density at radius 1 is 1.11 bits per heavy atom. The zero-order valence-corrected chi connectivity index (χ0v) is 17.5. The summed E-state index contributed by atoms with van der Waals surface area (Å²) in [6.45, 7) is 7.80. The van der Waals surface area contributed by atoms with Gasteiger partial charge in [-0.15, -0.1) is 0 Å². The number of amides is 1. The molecule has 0 aromatic heterocycles. The normalized spacial score (nSPS) is 12.5. The molecule has 27 heavy (non-hydrogen) atoms. The zero-order chi connectivity index (χ0) is 20.2. The maximum Gasteiger partial charge on any atom is 0.263 e. The van der Waals surface area contributed by atoms with E-state index in [-0.39, 0.29) is 27.4 Å². The van der Waals surface area contributed by atoms with Gasteiger partial charge in [-0.25, -0.2) is 8.42 Å². The largest absolute Gasteiger partial charge is 0.350 e. The number of rotatable bonds is 7. The van der Waals surface area contributed by atoms with Gasteiger partial charge in [0.2, 0.25) is 0 Å². The first-order chi connectivity index (χ1) is 12.6. The van der Waals surface area contributed by atoms with E-state index in [9.17, 15) is 13.2 Å². The lowest BCUT2D eigenvalue weighted by Crippen LogP contribution is -2.32. The van der Waals surface area contributed by atoms with Gasteiger partial charge in [0.25, 0.3) is 15.9 Å². The molecule has 146 valence electrons. The second-order valence-corrected chi connectivity index (χ2v) is 8.77. The topological polar surface area (TPSA) is 75.3 Å². The van der Waals surface area contributed by atoms with Crippen LogP contribution in [-0.2, 0) is 10.0 Å². The fourth-order valence-corrected chi connectivity index (χ4v) is 4.25. The monoisotopic (exact) mass is 408 g/mol. The van der Waals surface area contributed by atoms with E-state index in [2.05, 4.69) is 10.0 Å². The van der Waals surface area contributed by atoms with Crippen molar-refractivity contribution in [2.24, 2.45) is 0 Å². The van der Waals surface area contributed by atoms with Crippen LogP contribution in [0.25, 0.3) is 0 Å². The number of hydrogen-bond donors (Lipinski definition) is 2. The Morgan fingerprint density at radius 3 is 2.44 bits per heavy atom. The predicted octanol–water partition coefficient (Wildman–Crippen LogP) is 4.68. The van der Waals surface area contributed by atoms with Crippen LogP contribution in [0.15, 0.2) is 41.3 Å². The van der Waals surface area contributed by atoms with Crippen molar-refractivity contribution in [2.75, 3.05) is 4.72 Å². The molecule has 0 heterocycles. The minimum Gasteiger partial charge on any atom is -0.350 e. The second-order valence-electron chi connectivity index (χ2n) is 6.71. The van der Waals surface area contributed by atoms with Crippen LogP contribution in [0.2, 0.25) is 5.02 Å². The molecule has 0 unspecified atom stereocenters. The van der Waals surface area contributed by atoms with Crippen molar-refractivity contribution in [3.8, 4) is 0 Å². The van der Waals surface area contributed by atoms with Crippen LogP contribution < -0.4 is 10.0 Å². The number of benzene rings is 2. The summed E-state index contributed by atoms with van der Waals surface area (Å²) < 4.78 is 28.1. The summed E-state index contributed by atoms with van der Waals surface area (Å²) in [5.41, 5.74) is 2.73. The van der Waals surface area contributed by atoms with Crippen molar-refractivity contribution in [2.45, 2.75) is 51.5 Å². The third kappa shape index (κ3) is 5.47. The van der Waals surface area contributed by atoms with Crippen LogP contribution in [0.5, 0.6) is 0 Å². The number of carbonyl (C=O) groups excluding carboxylic acids is 1. The van der Waals surface area contributed by atoms with Gasteiger partial charge >= 0.3 is 0 Å². The van der Waals surface area contributed by atoms with E-state index in [1.54, 1.807) is 12.1 Å². The molecule has 0 fully saturated rings. The second kappa shape index (κ2) is 8.76. The first-order valence-corrected chi connectivity index (χ1v) is 10.7. The Bertz CT molecular complexity index is 942. The maximum absolute atomic E-state index is 12.8. The minimum atomic E-state index is -3.93. The molecule has 0 bridgehead atoms. The molecular weight excluding hydrogens is 384 g/mol. The van der Waals surface area contributed by atoms with Gasteiger partial charge in [-0.3, -0.25) is 9.52 Å². The van der Waals surface area contributed by atoms with E-state index in [0.717, 1.165) is 24.0 Å². The van der Waals surface area contributed by atoms with Crippen molar-refractivity contribution < 1.29 is 13.2 Å². The highest BCUT2D eigenvalue weighted by molar-refractivity contribution is 7.92. The Morgan fingerprint density at radius 2 is 1.81 bits per heavy atom. The van der Waals surface area contributed by atoms with E-state index in [0.29, 0.717) is 5.69 Å². The molecule has 0 spiro atoms. The molecule has 0 saturated heterocycles. The average Bonchev–Trinajstić information content (AvgIpc) is 2.58. The van der Waals surface area contributed by atoms with E-state index < -0.39 is 10.0 Å². The molecule has 0 saturated carbocycles. The Balaban J connectivity index is 2.30. The predicted molar refractivity (Wildman–Crippen MR) is 110 cm³/mol. The Hall–Kier alpha value is -2.05. The number of halogens is 1. The van der Waals surface area contributed by atoms with Gasteiger partial charge in [0, 0.05) is 17.3 Å². The van der Waals surface area contributed by atoms with Gasteiger partial charge in [0.1, 0.15) is 4.90 Å². The van der Waals surface area contributed by atoms with Crippen molar-refractivity contribution in [1.82, 2.24) is 5.32 Å². The lowest BCUT2D eigenvalue weighted by molar-refractivity contribution is 0.0938. The SMILES string of the molecule is CCC[C@H](C)NC(=O)c1ccc(Cl)c(S(=O)(=O)Nc2ccc(C)c(C)c2)c1. The highest BCUT2D eigenvalue weighted by Crippen LogP contribution is 2.26. The molecule has 0 aliphatic heterocycles. The number of hydrogen-bond acceptors (Lipinski definition) is 3. The summed E-state index contributed by atoms with van der Waals surface area (Å²) in [6, 6.07) is 9.54. The molecule has 0 aliphatic rings. The molecule has 2 N–H and O–H groups in total. The highest BCUT2D eigenvalue weighted by atomic mass is 35.5. The first-order valence-electron chi connectivity index (χ1n) is 8.84. The van der Waals surface area contributed by atoms with E-state index in [1.807, 2.05) is 33.8 Å². The van der Waals surface area contributed by atoms with Crippen LogP contribution in [0.1, 0.15) is 48.2 Å². The van der Waals surface area contributed by atoms with Crippen molar-refractivity contribution in [1.29, 1.82) is 0 Å². The van der Waals surface area contributed by atoms with Gasteiger partial charge < -0.3 is 5.32 Å². The first kappa shape index (κ1) is 21.3. The van der Waals surface area contributed by atoms with Crippen LogP contribution in [0, 0.1) is 13.8 Å². The van der Waals surface area contributed by atoms with Crippen LogP contribution in [-0.4, -0.2) is 20.4 Å². The molecule has 1 amide bonds. The molecule has 2 rings (SSSR count). The summed E-state index contributed by atoms with van der Waals surface area (Å²) in [5.74, 6) is -0.324. The van der Waals surface area contributed by atoms with Crippen molar-refractivity contribution in [3.63, 3.8) is 0 Å². The van der Waals surface area contributed by atoms with E-state index >= 15 is 0 Å². The third-order valence-corrected chi connectivity index (χ3v) is 6.20. The fourth-order valence-electron chi connectivity index (χ4n) is 2.68. The summed E-state index contributed by atoms with van der Waals surface area (Å²) in [7, 11) is -3.93. The average molecular weight is 409 g/mol. The van der Waals surface area contributed by atoms with Crippen LogP contribution in [0.4, 0.5) is 5.69 Å². The summed E-state index contributed by atoms with van der Waals surface area (Å²) >= 11 is 6.11. The number of sulfonamides is 1. The molecule has 5 nitrogen and oxygen atoms in total. The van der Waals surface area contributed by atoms with Crippen molar-refractivity contribution in [3.05, 3.63) is 58.1 Å². The van der Waals surface area contributed by atoms with Gasteiger partial charge in [-0.05, 0) is 68.7 Å². The lowest BCUT2D eigenvalue weighted by Gasteiger charge is -2.14. The molecule has 0 aliphatic carbocycles.